The van der Waals surface area contributed by atoms with Crippen LogP contribution < -0.4 is 4.72 Å². The highest BCUT2D eigenvalue weighted by Crippen LogP contribution is 2.36. The van der Waals surface area contributed by atoms with E-state index in [1.165, 1.54) is 67.4 Å². The van der Waals surface area contributed by atoms with Crippen molar-refractivity contribution in [1.82, 2.24) is 4.90 Å². The van der Waals surface area contributed by atoms with Crippen LogP contribution in [0.3, 0.4) is 0 Å². The van der Waals surface area contributed by atoms with Crippen LogP contribution in [0.5, 0.6) is 5.75 Å². The van der Waals surface area contributed by atoms with Crippen molar-refractivity contribution in [3.63, 3.8) is 0 Å². The van der Waals surface area contributed by atoms with E-state index in [-0.39, 0.29) is 5.75 Å². The van der Waals surface area contributed by atoms with Gasteiger partial charge in [-0.25, -0.2) is 4.39 Å². The fourth-order valence-electron chi connectivity index (χ4n) is 2.61. The van der Waals surface area contributed by atoms with E-state index in [2.05, 4.69) is 16.7 Å². The first-order valence-corrected chi connectivity index (χ1v) is 12.3. The van der Waals surface area contributed by atoms with Crippen LogP contribution in [-0.4, -0.2) is 36.3 Å². The number of alkyl halides is 1. The summed E-state index contributed by atoms with van der Waals surface area (Å²) in [7, 11) is 2.17. The zero-order chi connectivity index (χ0) is 22.6. The average Bonchev–Trinajstić information content (AvgIpc) is 3.36. The Hall–Kier alpha value is -1.44. The smallest absolute Gasteiger partial charge is 0.137 e. The summed E-state index contributed by atoms with van der Waals surface area (Å²) in [6, 6.07) is 6.71. The Balaban J connectivity index is 0.000000488. The number of aromatic hydroxyl groups is 1. The van der Waals surface area contributed by atoms with Gasteiger partial charge in [-0.1, -0.05) is 41.4 Å². The molecule has 1 fully saturated rings. The molecule has 3 nitrogen and oxygen atoms in total. The summed E-state index contributed by atoms with van der Waals surface area (Å²) in [4.78, 5) is 3.15. The third-order valence-electron chi connectivity index (χ3n) is 4.27. The maximum Gasteiger partial charge on any atom is 0.137 e. The van der Waals surface area contributed by atoms with E-state index in [0.717, 1.165) is 9.09 Å². The Morgan fingerprint density at radius 3 is 2.52 bits per heavy atom. The lowest BCUT2D eigenvalue weighted by atomic mass is 10.3. The number of allylic oxidation sites excluding steroid dienone is 5. The van der Waals surface area contributed by atoms with Crippen LogP contribution in [0.1, 0.15) is 24.6 Å². The minimum absolute atomic E-state index is 0.0139. The third kappa shape index (κ3) is 9.71. The van der Waals surface area contributed by atoms with Gasteiger partial charge in [0.2, 0.25) is 0 Å². The molecule has 1 aromatic heterocycles. The summed E-state index contributed by atoms with van der Waals surface area (Å²) in [6.07, 6.45) is 11.5. The molecule has 1 unspecified atom stereocenters. The largest absolute Gasteiger partial charge is 0.506 e. The molecule has 2 N–H and O–H groups in total. The number of likely N-dealkylation sites (tertiary alicyclic amines) is 1. The van der Waals surface area contributed by atoms with E-state index in [1.54, 1.807) is 30.4 Å². The topological polar surface area (TPSA) is 35.5 Å². The lowest BCUT2D eigenvalue weighted by molar-refractivity contribution is 0.418. The van der Waals surface area contributed by atoms with Crippen LogP contribution >= 0.6 is 46.5 Å². The number of nitrogens with zero attached hydrogens (tertiary/aromatic N) is 1. The van der Waals surface area contributed by atoms with Crippen LogP contribution in [0.2, 0.25) is 10.0 Å². The lowest BCUT2D eigenvalue weighted by Crippen LogP contribution is -2.10. The molecule has 1 aliphatic rings. The summed E-state index contributed by atoms with van der Waals surface area (Å²) >= 11 is 14.8. The van der Waals surface area contributed by atoms with Crippen LogP contribution in [0.25, 0.3) is 6.08 Å². The summed E-state index contributed by atoms with van der Waals surface area (Å²) in [5.41, 5.74) is 0.714. The quantitative estimate of drug-likeness (QED) is 0.297. The van der Waals surface area contributed by atoms with E-state index >= 15 is 0 Å². The molecule has 8 heteroatoms. The predicted octanol–water partition coefficient (Wildman–Crippen LogP) is 8.08. The lowest BCUT2D eigenvalue weighted by Gasteiger charge is -2.04. The minimum Gasteiger partial charge on any atom is -0.506 e. The van der Waals surface area contributed by atoms with Gasteiger partial charge >= 0.3 is 0 Å². The van der Waals surface area contributed by atoms with Gasteiger partial charge in [0.25, 0.3) is 0 Å². The van der Waals surface area contributed by atoms with E-state index in [1.807, 2.05) is 19.1 Å². The van der Waals surface area contributed by atoms with E-state index < -0.39 is 6.17 Å². The summed E-state index contributed by atoms with van der Waals surface area (Å²) < 4.78 is 17.7. The van der Waals surface area contributed by atoms with Gasteiger partial charge in [0.1, 0.15) is 11.9 Å². The molecule has 31 heavy (non-hydrogen) atoms. The highest BCUT2D eigenvalue weighted by Gasteiger charge is 2.07. The molecule has 0 spiro atoms. The first-order valence-electron chi connectivity index (χ1n) is 9.90. The van der Waals surface area contributed by atoms with Gasteiger partial charge in [-0.3, -0.25) is 0 Å². The second kappa shape index (κ2) is 13.9. The Bertz CT molecular complexity index is 909. The molecule has 0 radical (unpaired) electrons. The van der Waals surface area contributed by atoms with Crippen molar-refractivity contribution in [1.29, 1.82) is 0 Å². The molecule has 2 aromatic rings. The summed E-state index contributed by atoms with van der Waals surface area (Å²) in [5, 5.41) is 10.5. The minimum atomic E-state index is -1.17. The molecule has 3 rings (SSSR count). The monoisotopic (exact) mass is 500 g/mol. The maximum atomic E-state index is 13.7. The number of phenols is 1. The van der Waals surface area contributed by atoms with E-state index in [0.29, 0.717) is 15.7 Å². The SMILES string of the molecule is C/C=C\C=CC(F)/C=C/c1sc(SNc2ccc(Cl)c(O)c2)cc1Cl.CN1CCCC1. The number of benzene rings is 1. The third-order valence-corrected chi connectivity index (χ3v) is 7.06. The first kappa shape index (κ1) is 25.8. The van der Waals surface area contributed by atoms with Gasteiger partial charge in [0, 0.05) is 16.6 Å². The molecule has 1 atom stereocenters. The molecule has 0 amide bonds. The van der Waals surface area contributed by atoms with E-state index in [9.17, 15) is 9.50 Å². The van der Waals surface area contributed by atoms with Crippen molar-refractivity contribution in [2.24, 2.45) is 0 Å². The maximum absolute atomic E-state index is 13.7. The first-order chi connectivity index (χ1) is 14.9. The van der Waals surface area contributed by atoms with Crippen molar-refractivity contribution in [3.8, 4) is 5.75 Å². The molecule has 168 valence electrons. The molecule has 1 aromatic carbocycles. The number of hydrogen-bond donors (Lipinski definition) is 2. The Kier molecular flexibility index (Phi) is 11.5. The van der Waals surface area contributed by atoms with Gasteiger partial charge in [0.15, 0.2) is 0 Å². The summed E-state index contributed by atoms with van der Waals surface area (Å²) in [5.74, 6) is 0.0139. The number of thiophene rings is 1. The number of rotatable bonds is 7. The van der Waals surface area contributed by atoms with Gasteiger partial charge in [-0.15, -0.1) is 11.3 Å². The molecule has 0 aliphatic carbocycles. The zero-order valence-electron chi connectivity index (χ0n) is 17.5. The molecular weight excluding hydrogens is 474 g/mol. The van der Waals surface area contributed by atoms with Crippen molar-refractivity contribution < 1.29 is 9.50 Å². The normalized spacial score (nSPS) is 15.6. The van der Waals surface area contributed by atoms with Crippen molar-refractivity contribution in [2.75, 3.05) is 24.9 Å². The molecule has 2 heterocycles. The van der Waals surface area contributed by atoms with Crippen LogP contribution in [0.4, 0.5) is 10.1 Å². The van der Waals surface area contributed by atoms with Gasteiger partial charge in [0.05, 0.1) is 14.3 Å². The van der Waals surface area contributed by atoms with Gasteiger partial charge in [-0.2, -0.15) is 0 Å². The fourth-order valence-corrected chi connectivity index (χ4v) is 4.93. The number of phenolic OH excluding ortho intramolecular Hbond substituents is 1. The van der Waals surface area contributed by atoms with Crippen LogP contribution in [0.15, 0.2) is 58.9 Å². The number of anilines is 1. The predicted molar refractivity (Wildman–Crippen MR) is 137 cm³/mol. The number of hydrogen-bond acceptors (Lipinski definition) is 5. The Morgan fingerprint density at radius 2 is 1.90 bits per heavy atom. The molecule has 1 aliphatic heterocycles. The standard InChI is InChI=1S/C18H16Cl2FNOS2.C5H11N/c1-2-3-4-5-12(21)6-9-17-15(20)11-18(24-17)25-22-13-7-8-14(19)16(23)10-13;1-6-4-2-3-5-6/h2-12,22-23H,1H3;2-5H2,1H3/b3-2-,5-4?,9-6+;. The molecule has 1 saturated heterocycles. The van der Waals surface area contributed by atoms with Crippen molar-refractivity contribution >= 4 is 58.2 Å². The average molecular weight is 502 g/mol. The Labute approximate surface area is 202 Å². The second-order valence-electron chi connectivity index (χ2n) is 6.87. The summed E-state index contributed by atoms with van der Waals surface area (Å²) in [6.45, 7) is 4.51. The van der Waals surface area contributed by atoms with Gasteiger partial charge in [-0.05, 0) is 88.3 Å². The number of halogens is 3. The van der Waals surface area contributed by atoms with Crippen molar-refractivity contribution in [2.45, 2.75) is 30.1 Å². The Morgan fingerprint density at radius 1 is 1.16 bits per heavy atom. The fraction of sp³-hybridized carbons (Fsp3) is 0.304. The zero-order valence-corrected chi connectivity index (χ0v) is 20.7. The van der Waals surface area contributed by atoms with E-state index in [4.69, 9.17) is 23.2 Å². The molecular formula is C23H27Cl2FN2OS2. The molecule has 0 bridgehead atoms. The highest BCUT2D eigenvalue weighted by atomic mass is 35.5. The molecule has 0 saturated carbocycles. The van der Waals surface area contributed by atoms with Crippen LogP contribution in [-0.2, 0) is 0 Å². The van der Waals surface area contributed by atoms with Gasteiger partial charge < -0.3 is 14.7 Å². The highest BCUT2D eigenvalue weighted by molar-refractivity contribution is 8.02. The second-order valence-corrected chi connectivity index (χ2v) is 9.88. The number of nitrogens with one attached hydrogen (secondary N) is 1. The van der Waals surface area contributed by atoms with Crippen LogP contribution in [0, 0.1) is 0 Å². The van der Waals surface area contributed by atoms with Crippen molar-refractivity contribution in [3.05, 3.63) is 69.6 Å².